The second-order valence-electron chi connectivity index (χ2n) is 7.91. The lowest BCUT2D eigenvalue weighted by Gasteiger charge is -2.22. The average molecular weight is 403 g/mol. The molecule has 0 radical (unpaired) electrons. The van der Waals surface area contributed by atoms with Gasteiger partial charge in [0, 0.05) is 17.5 Å². The Hall–Kier alpha value is -2.83. The minimum Gasteiger partial charge on any atom is -0.444 e. The standard InChI is InChI=1S/C22H29NO6/c1-6-8-14-12-19(24)28-18-13-15(10-11-16(14)18)27-20(25)17(9-7-2)23-21(26)29-22(3,4)5/h10-13,17H,6-9H2,1-5H3,(H,23,26)/t17-/m1/s1. The van der Waals surface area contributed by atoms with Gasteiger partial charge in [0.15, 0.2) is 0 Å². The lowest BCUT2D eigenvalue weighted by atomic mass is 10.1. The topological polar surface area (TPSA) is 94.8 Å². The average Bonchev–Trinajstić information content (AvgIpc) is 2.59. The number of carbonyl (C=O) groups excluding carboxylic acids is 2. The molecule has 7 heteroatoms. The molecule has 1 amide bonds. The zero-order chi connectivity index (χ0) is 21.6. The van der Waals surface area contributed by atoms with E-state index in [2.05, 4.69) is 5.32 Å². The van der Waals surface area contributed by atoms with Crippen LogP contribution in [0.3, 0.4) is 0 Å². The van der Waals surface area contributed by atoms with Crippen LogP contribution in [0.4, 0.5) is 4.79 Å². The van der Waals surface area contributed by atoms with E-state index in [-0.39, 0.29) is 5.75 Å². The maximum atomic E-state index is 12.6. The zero-order valence-corrected chi connectivity index (χ0v) is 17.7. The minimum absolute atomic E-state index is 0.242. The van der Waals surface area contributed by atoms with E-state index in [4.69, 9.17) is 13.9 Å². The molecule has 0 unspecified atom stereocenters. The molecule has 1 aromatic carbocycles. The zero-order valence-electron chi connectivity index (χ0n) is 17.7. The van der Waals surface area contributed by atoms with Crippen molar-refractivity contribution in [1.82, 2.24) is 5.32 Å². The molecule has 1 heterocycles. The van der Waals surface area contributed by atoms with Gasteiger partial charge in [-0.1, -0.05) is 26.7 Å². The van der Waals surface area contributed by atoms with Crippen molar-refractivity contribution in [3.8, 4) is 5.75 Å². The number of benzene rings is 1. The molecule has 2 rings (SSSR count). The van der Waals surface area contributed by atoms with Crippen LogP contribution >= 0.6 is 0 Å². The molecule has 0 aliphatic rings. The molecule has 1 aromatic heterocycles. The highest BCUT2D eigenvalue weighted by Gasteiger charge is 2.25. The first kappa shape index (κ1) is 22.5. The van der Waals surface area contributed by atoms with Crippen molar-refractivity contribution in [3.05, 3.63) is 40.2 Å². The Balaban J connectivity index is 2.19. The lowest BCUT2D eigenvalue weighted by Crippen LogP contribution is -2.45. The van der Waals surface area contributed by atoms with Crippen molar-refractivity contribution in [3.63, 3.8) is 0 Å². The van der Waals surface area contributed by atoms with Gasteiger partial charge in [-0.2, -0.15) is 0 Å². The van der Waals surface area contributed by atoms with Crippen molar-refractivity contribution >= 4 is 23.0 Å². The molecule has 0 saturated carbocycles. The summed E-state index contributed by atoms with van der Waals surface area (Å²) in [6, 6.07) is 5.57. The van der Waals surface area contributed by atoms with Crippen molar-refractivity contribution in [2.24, 2.45) is 0 Å². The third-order valence-corrected chi connectivity index (χ3v) is 4.09. The molecule has 0 aliphatic heterocycles. The van der Waals surface area contributed by atoms with E-state index in [9.17, 15) is 14.4 Å². The normalized spacial score (nSPS) is 12.4. The van der Waals surface area contributed by atoms with E-state index >= 15 is 0 Å². The van der Waals surface area contributed by atoms with Crippen LogP contribution in [0, 0.1) is 0 Å². The Bertz CT molecular complexity index is 925. The number of nitrogens with one attached hydrogen (secondary N) is 1. The molecule has 7 nitrogen and oxygen atoms in total. The van der Waals surface area contributed by atoms with Crippen molar-refractivity contribution in [2.45, 2.75) is 71.9 Å². The Labute approximate surface area is 170 Å². The lowest BCUT2D eigenvalue weighted by molar-refractivity contribution is -0.137. The number of carbonyl (C=O) groups is 2. The summed E-state index contributed by atoms with van der Waals surface area (Å²) in [7, 11) is 0. The van der Waals surface area contributed by atoms with E-state index in [0.29, 0.717) is 18.4 Å². The predicted molar refractivity (Wildman–Crippen MR) is 110 cm³/mol. The monoisotopic (exact) mass is 403 g/mol. The number of esters is 1. The van der Waals surface area contributed by atoms with Crippen LogP contribution in [0.2, 0.25) is 0 Å². The molecule has 1 atom stereocenters. The van der Waals surface area contributed by atoms with Crippen molar-refractivity contribution in [1.29, 1.82) is 0 Å². The number of hydrogen-bond acceptors (Lipinski definition) is 6. The van der Waals surface area contributed by atoms with Gasteiger partial charge in [-0.15, -0.1) is 0 Å². The second-order valence-corrected chi connectivity index (χ2v) is 7.91. The molecule has 158 valence electrons. The van der Waals surface area contributed by atoms with Crippen molar-refractivity contribution in [2.75, 3.05) is 0 Å². The van der Waals surface area contributed by atoms with Crippen LogP contribution in [0.1, 0.15) is 59.4 Å². The highest BCUT2D eigenvalue weighted by Crippen LogP contribution is 2.24. The minimum atomic E-state index is -0.844. The van der Waals surface area contributed by atoms with Gasteiger partial charge >= 0.3 is 17.7 Å². The second kappa shape index (κ2) is 9.58. The smallest absolute Gasteiger partial charge is 0.408 e. The summed E-state index contributed by atoms with van der Waals surface area (Å²) in [6.07, 6.45) is 2.04. The van der Waals surface area contributed by atoms with E-state index in [1.165, 1.54) is 12.1 Å². The molecule has 0 spiro atoms. The molecule has 0 aliphatic carbocycles. The summed E-state index contributed by atoms with van der Waals surface area (Å²) in [5.41, 5.74) is 0.141. The van der Waals surface area contributed by atoms with E-state index in [1.807, 2.05) is 13.8 Å². The van der Waals surface area contributed by atoms with Gasteiger partial charge in [0.1, 0.15) is 23.0 Å². The largest absolute Gasteiger partial charge is 0.444 e. The molecule has 29 heavy (non-hydrogen) atoms. The van der Waals surface area contributed by atoms with E-state index < -0.39 is 29.3 Å². The Morgan fingerprint density at radius 3 is 2.48 bits per heavy atom. The number of amides is 1. The van der Waals surface area contributed by atoms with Gasteiger partial charge in [0.2, 0.25) is 0 Å². The first-order valence-electron chi connectivity index (χ1n) is 9.91. The first-order valence-corrected chi connectivity index (χ1v) is 9.91. The van der Waals surface area contributed by atoms with E-state index in [0.717, 1.165) is 23.8 Å². The highest BCUT2D eigenvalue weighted by atomic mass is 16.6. The third kappa shape index (κ3) is 6.62. The molecule has 0 bridgehead atoms. The molecule has 0 fully saturated rings. The molecule has 0 saturated heterocycles. The Kier molecular flexibility index (Phi) is 7.42. The summed E-state index contributed by atoms with van der Waals surface area (Å²) < 4.78 is 15.9. The Morgan fingerprint density at radius 1 is 1.14 bits per heavy atom. The molecule has 1 N–H and O–H groups in total. The Morgan fingerprint density at radius 2 is 1.86 bits per heavy atom. The summed E-state index contributed by atoms with van der Waals surface area (Å²) >= 11 is 0. The summed E-state index contributed by atoms with van der Waals surface area (Å²) in [6.45, 7) is 9.17. The van der Waals surface area contributed by atoms with Gasteiger partial charge < -0.3 is 19.2 Å². The van der Waals surface area contributed by atoms with Gasteiger partial charge in [0.05, 0.1) is 0 Å². The van der Waals surface area contributed by atoms with Crippen molar-refractivity contribution < 1.29 is 23.5 Å². The number of fused-ring (bicyclic) bond motifs is 1. The fourth-order valence-corrected chi connectivity index (χ4v) is 2.92. The van der Waals surface area contributed by atoms with Gasteiger partial charge in [-0.05, 0) is 51.3 Å². The van der Waals surface area contributed by atoms with Gasteiger partial charge in [-0.25, -0.2) is 14.4 Å². The highest BCUT2D eigenvalue weighted by molar-refractivity contribution is 5.85. The molecular weight excluding hydrogens is 374 g/mol. The predicted octanol–water partition coefficient (Wildman–Crippen LogP) is 4.34. The third-order valence-electron chi connectivity index (χ3n) is 4.09. The SMILES string of the molecule is CCCc1cc(=O)oc2cc(OC(=O)[C@@H](CCC)NC(=O)OC(C)(C)C)ccc12. The van der Waals surface area contributed by atoms with Crippen LogP contribution in [0.15, 0.2) is 33.5 Å². The van der Waals surface area contributed by atoms with Gasteiger partial charge in [-0.3, -0.25) is 0 Å². The summed E-state index contributed by atoms with van der Waals surface area (Å²) in [5.74, 6) is -0.365. The van der Waals surface area contributed by atoms with Crippen LogP contribution in [-0.4, -0.2) is 23.7 Å². The summed E-state index contributed by atoms with van der Waals surface area (Å²) in [5, 5.41) is 3.37. The van der Waals surface area contributed by atoms with Crippen LogP contribution in [-0.2, 0) is 16.0 Å². The number of alkyl carbamates (subject to hydrolysis) is 1. The number of ether oxygens (including phenoxy) is 2. The fraction of sp³-hybridized carbons (Fsp3) is 0.500. The van der Waals surface area contributed by atoms with Crippen LogP contribution < -0.4 is 15.7 Å². The maximum absolute atomic E-state index is 12.6. The summed E-state index contributed by atoms with van der Waals surface area (Å²) in [4.78, 5) is 36.4. The van der Waals surface area contributed by atoms with Gasteiger partial charge in [0.25, 0.3) is 0 Å². The van der Waals surface area contributed by atoms with Crippen LogP contribution in [0.5, 0.6) is 5.75 Å². The number of rotatable bonds is 7. The number of hydrogen-bond donors (Lipinski definition) is 1. The molecule has 2 aromatic rings. The quantitative estimate of drug-likeness (QED) is 0.420. The van der Waals surface area contributed by atoms with Crippen LogP contribution in [0.25, 0.3) is 11.0 Å². The van der Waals surface area contributed by atoms with E-state index in [1.54, 1.807) is 32.9 Å². The first-order chi connectivity index (χ1) is 13.6. The molecular formula is C22H29NO6. The fourth-order valence-electron chi connectivity index (χ4n) is 2.92. The number of aryl methyl sites for hydroxylation is 1. The maximum Gasteiger partial charge on any atom is 0.408 e.